The monoisotopic (exact) mass is 605 g/mol. The topological polar surface area (TPSA) is 111 Å². The van der Waals surface area contributed by atoms with Crippen LogP contribution in [-0.2, 0) is 22.5 Å². The van der Waals surface area contributed by atoms with Crippen molar-refractivity contribution in [2.45, 2.75) is 25.0 Å². The number of carbonyl (C=O) groups excluding carboxylic acids is 2. The fraction of sp³-hybridized carbons (Fsp3) is 0.222. The zero-order chi connectivity index (χ0) is 31.5. The molecule has 9 heteroatoms. The molecule has 0 aliphatic carbocycles. The molecule has 0 spiro atoms. The minimum absolute atomic E-state index is 0.176. The Balaban J connectivity index is 1.34. The van der Waals surface area contributed by atoms with Crippen molar-refractivity contribution in [2.24, 2.45) is 0 Å². The second-order valence-electron chi connectivity index (χ2n) is 10.8. The van der Waals surface area contributed by atoms with Crippen molar-refractivity contribution in [2.75, 3.05) is 28.4 Å². The first kappa shape index (κ1) is 29.8. The van der Waals surface area contributed by atoms with Crippen molar-refractivity contribution < 1.29 is 28.5 Å². The highest BCUT2D eigenvalue weighted by Gasteiger charge is 2.34. The first-order valence-corrected chi connectivity index (χ1v) is 14.6. The van der Waals surface area contributed by atoms with E-state index in [1.54, 1.807) is 39.5 Å². The molecule has 1 aliphatic heterocycles. The molecule has 2 atom stereocenters. The van der Waals surface area contributed by atoms with Gasteiger partial charge in [0.15, 0.2) is 0 Å². The molecule has 230 valence electrons. The normalized spacial score (nSPS) is 15.6. The van der Waals surface area contributed by atoms with E-state index >= 15 is 0 Å². The Labute approximate surface area is 261 Å². The molecule has 5 aromatic rings. The maximum absolute atomic E-state index is 13.8. The number of ether oxygens (including phenoxy) is 4. The van der Waals surface area contributed by atoms with Crippen LogP contribution >= 0.6 is 0 Å². The first-order valence-electron chi connectivity index (χ1n) is 14.6. The Bertz CT molecular complexity index is 1820. The van der Waals surface area contributed by atoms with Crippen LogP contribution in [0.2, 0.25) is 0 Å². The SMILES string of the molecule is COC(=O)c1ccc2[nH]c3c(c2c1)C[C@H](C(=O)NCc1c(OC)cc(OC)cc1OC)N[C@H]3c1ccc(-c2ccccc2)cc1. The third-order valence-electron chi connectivity index (χ3n) is 8.35. The summed E-state index contributed by atoms with van der Waals surface area (Å²) >= 11 is 0. The van der Waals surface area contributed by atoms with Crippen molar-refractivity contribution in [3.63, 3.8) is 0 Å². The second kappa shape index (κ2) is 12.8. The third kappa shape index (κ3) is 5.82. The number of H-pyrrole nitrogens is 1. The van der Waals surface area contributed by atoms with Crippen LogP contribution in [-0.4, -0.2) is 51.3 Å². The summed E-state index contributed by atoms with van der Waals surface area (Å²) in [6.07, 6.45) is 0.418. The number of methoxy groups -OCH3 is 4. The zero-order valence-corrected chi connectivity index (χ0v) is 25.6. The van der Waals surface area contributed by atoms with Gasteiger partial charge in [-0.05, 0) is 46.9 Å². The highest BCUT2D eigenvalue weighted by atomic mass is 16.5. The molecule has 6 rings (SSSR count). The van der Waals surface area contributed by atoms with Crippen LogP contribution in [0, 0.1) is 0 Å². The molecule has 3 N–H and O–H groups in total. The van der Waals surface area contributed by atoms with Gasteiger partial charge < -0.3 is 29.2 Å². The predicted octanol–water partition coefficient (Wildman–Crippen LogP) is 5.57. The number of nitrogens with one attached hydrogen (secondary N) is 3. The van der Waals surface area contributed by atoms with Crippen molar-refractivity contribution >= 4 is 22.8 Å². The number of aromatic nitrogens is 1. The molecular formula is C36H35N3O6. The smallest absolute Gasteiger partial charge is 0.337 e. The molecule has 1 amide bonds. The number of hydrogen-bond donors (Lipinski definition) is 3. The first-order chi connectivity index (χ1) is 21.9. The van der Waals surface area contributed by atoms with Crippen LogP contribution in [0.1, 0.15) is 38.8 Å². The number of benzene rings is 4. The van der Waals surface area contributed by atoms with E-state index in [0.717, 1.165) is 38.9 Å². The molecule has 1 aromatic heterocycles. The fourth-order valence-electron chi connectivity index (χ4n) is 6.01. The van der Waals surface area contributed by atoms with Crippen molar-refractivity contribution in [1.82, 2.24) is 15.6 Å². The molecule has 0 unspecified atom stereocenters. The highest BCUT2D eigenvalue weighted by molar-refractivity contribution is 5.97. The Morgan fingerprint density at radius 1 is 0.822 bits per heavy atom. The Morgan fingerprint density at radius 3 is 2.16 bits per heavy atom. The summed E-state index contributed by atoms with van der Waals surface area (Å²) in [6, 6.07) is 26.7. The second-order valence-corrected chi connectivity index (χ2v) is 10.8. The third-order valence-corrected chi connectivity index (χ3v) is 8.35. The molecular weight excluding hydrogens is 570 g/mol. The quantitative estimate of drug-likeness (QED) is 0.189. The minimum Gasteiger partial charge on any atom is -0.496 e. The van der Waals surface area contributed by atoms with E-state index in [2.05, 4.69) is 52.0 Å². The van der Waals surface area contributed by atoms with E-state index in [-0.39, 0.29) is 18.5 Å². The molecule has 0 saturated heterocycles. The lowest BCUT2D eigenvalue weighted by Gasteiger charge is -2.31. The van der Waals surface area contributed by atoms with Crippen LogP contribution in [0.25, 0.3) is 22.0 Å². The lowest BCUT2D eigenvalue weighted by Crippen LogP contribution is -2.49. The summed E-state index contributed by atoms with van der Waals surface area (Å²) in [7, 11) is 6.07. The van der Waals surface area contributed by atoms with E-state index in [1.807, 2.05) is 30.3 Å². The Kier molecular flexibility index (Phi) is 8.44. The van der Waals surface area contributed by atoms with Gasteiger partial charge in [0.25, 0.3) is 0 Å². The van der Waals surface area contributed by atoms with Gasteiger partial charge in [-0.15, -0.1) is 0 Å². The number of hydrogen-bond acceptors (Lipinski definition) is 7. The molecule has 9 nitrogen and oxygen atoms in total. The van der Waals surface area contributed by atoms with Crippen molar-refractivity contribution in [3.05, 3.63) is 113 Å². The molecule has 0 saturated carbocycles. The van der Waals surface area contributed by atoms with Crippen LogP contribution in [0.3, 0.4) is 0 Å². The lowest BCUT2D eigenvalue weighted by atomic mass is 9.89. The maximum atomic E-state index is 13.8. The summed E-state index contributed by atoms with van der Waals surface area (Å²) < 4.78 is 21.5. The van der Waals surface area contributed by atoms with Crippen LogP contribution in [0.5, 0.6) is 17.2 Å². The number of fused-ring (bicyclic) bond motifs is 3. The highest BCUT2D eigenvalue weighted by Crippen LogP contribution is 2.37. The minimum atomic E-state index is -0.563. The van der Waals surface area contributed by atoms with Gasteiger partial charge in [-0.2, -0.15) is 0 Å². The summed E-state index contributed by atoms with van der Waals surface area (Å²) in [4.78, 5) is 29.8. The van der Waals surface area contributed by atoms with Gasteiger partial charge >= 0.3 is 5.97 Å². The number of carbonyl (C=O) groups is 2. The fourth-order valence-corrected chi connectivity index (χ4v) is 6.01. The lowest BCUT2D eigenvalue weighted by molar-refractivity contribution is -0.123. The maximum Gasteiger partial charge on any atom is 0.337 e. The van der Waals surface area contributed by atoms with E-state index < -0.39 is 12.0 Å². The zero-order valence-electron chi connectivity index (χ0n) is 25.6. The summed E-state index contributed by atoms with van der Waals surface area (Å²) in [5, 5.41) is 7.56. The summed E-state index contributed by atoms with van der Waals surface area (Å²) in [5.74, 6) is 1.10. The van der Waals surface area contributed by atoms with Gasteiger partial charge in [-0.25, -0.2) is 4.79 Å². The average Bonchev–Trinajstić information content (AvgIpc) is 3.47. The van der Waals surface area contributed by atoms with Crippen molar-refractivity contribution in [3.8, 4) is 28.4 Å². The number of aromatic amines is 1. The summed E-state index contributed by atoms with van der Waals surface area (Å²) in [6.45, 7) is 0.191. The Hall–Kier alpha value is -5.28. The number of rotatable bonds is 9. The molecule has 0 fully saturated rings. The molecule has 0 bridgehead atoms. The standard InChI is InChI=1S/C36H35N3O6/c1-42-25-17-31(43-2)28(32(18-25)44-3)20-37-35(40)30-19-27-26-16-24(36(41)45-4)14-15-29(26)38-34(27)33(39-30)23-12-10-22(11-13-23)21-8-6-5-7-9-21/h5-18,30,33,38-39H,19-20H2,1-4H3,(H,37,40)/t30-,33+/m1/s1. The summed E-state index contributed by atoms with van der Waals surface area (Å²) in [5.41, 5.74) is 7.21. The number of esters is 1. The van der Waals surface area contributed by atoms with Gasteiger partial charge in [0.2, 0.25) is 5.91 Å². The van der Waals surface area contributed by atoms with E-state index in [4.69, 9.17) is 18.9 Å². The van der Waals surface area contributed by atoms with Gasteiger partial charge in [0.05, 0.1) is 58.2 Å². The van der Waals surface area contributed by atoms with E-state index in [0.29, 0.717) is 34.8 Å². The molecule has 4 aromatic carbocycles. The van der Waals surface area contributed by atoms with Crippen LogP contribution in [0.4, 0.5) is 0 Å². The Morgan fingerprint density at radius 2 is 1.51 bits per heavy atom. The van der Waals surface area contributed by atoms with Gasteiger partial charge in [0.1, 0.15) is 17.2 Å². The molecule has 45 heavy (non-hydrogen) atoms. The van der Waals surface area contributed by atoms with Crippen LogP contribution in [0.15, 0.2) is 84.9 Å². The molecule has 2 heterocycles. The van der Waals surface area contributed by atoms with E-state index in [9.17, 15) is 9.59 Å². The van der Waals surface area contributed by atoms with Crippen LogP contribution < -0.4 is 24.8 Å². The molecule has 1 aliphatic rings. The van der Waals surface area contributed by atoms with Gasteiger partial charge in [-0.1, -0.05) is 54.6 Å². The van der Waals surface area contributed by atoms with Gasteiger partial charge in [-0.3, -0.25) is 10.1 Å². The largest absolute Gasteiger partial charge is 0.496 e. The van der Waals surface area contributed by atoms with Gasteiger partial charge in [0, 0.05) is 28.7 Å². The predicted molar refractivity (Wildman–Crippen MR) is 172 cm³/mol. The average molecular weight is 606 g/mol. The number of amides is 1. The van der Waals surface area contributed by atoms with Crippen molar-refractivity contribution in [1.29, 1.82) is 0 Å². The molecule has 0 radical (unpaired) electrons. The van der Waals surface area contributed by atoms with E-state index in [1.165, 1.54) is 7.11 Å².